The van der Waals surface area contributed by atoms with Gasteiger partial charge in [-0.3, -0.25) is 0 Å². The molecule has 1 aromatic carbocycles. The van der Waals surface area contributed by atoms with Crippen LogP contribution in [0.1, 0.15) is 18.9 Å². The summed E-state index contributed by atoms with van der Waals surface area (Å²) in [6.45, 7) is 1.93. The first-order valence-corrected chi connectivity index (χ1v) is 7.31. The number of aliphatic hydroxyl groups is 1. The van der Waals surface area contributed by atoms with E-state index in [0.717, 1.165) is 11.4 Å². The summed E-state index contributed by atoms with van der Waals surface area (Å²) in [4.78, 5) is 11.6. The van der Waals surface area contributed by atoms with Crippen LogP contribution < -0.4 is 10.6 Å². The van der Waals surface area contributed by atoms with Gasteiger partial charge in [-0.05, 0) is 37.3 Å². The summed E-state index contributed by atoms with van der Waals surface area (Å²) in [6, 6.07) is 7.51. The van der Waals surface area contributed by atoms with Crippen molar-refractivity contribution in [3.05, 3.63) is 29.8 Å². The van der Waals surface area contributed by atoms with Crippen LogP contribution in [0.15, 0.2) is 24.3 Å². The first-order chi connectivity index (χ1) is 8.65. The van der Waals surface area contributed by atoms with E-state index in [1.54, 1.807) is 11.8 Å². The van der Waals surface area contributed by atoms with Gasteiger partial charge in [0.25, 0.3) is 0 Å². The molecule has 100 valence electrons. The molecular formula is C13H20N2O2S. The van der Waals surface area contributed by atoms with Gasteiger partial charge in [-0.15, -0.1) is 0 Å². The molecule has 0 heterocycles. The molecule has 0 bridgehead atoms. The lowest BCUT2D eigenvalue weighted by Gasteiger charge is -2.13. The first kappa shape index (κ1) is 14.9. The van der Waals surface area contributed by atoms with Gasteiger partial charge in [-0.1, -0.05) is 12.1 Å². The number of carbonyl (C=O) groups is 1. The van der Waals surface area contributed by atoms with E-state index in [2.05, 4.69) is 16.9 Å². The van der Waals surface area contributed by atoms with Crippen molar-refractivity contribution in [2.45, 2.75) is 25.1 Å². The number of nitrogens with one attached hydrogen (secondary N) is 2. The molecule has 0 aromatic heterocycles. The highest BCUT2D eigenvalue weighted by Gasteiger charge is 2.06. The molecular weight excluding hydrogens is 248 g/mol. The van der Waals surface area contributed by atoms with Gasteiger partial charge in [0.15, 0.2) is 0 Å². The summed E-state index contributed by atoms with van der Waals surface area (Å²) >= 11 is 1.77. The highest BCUT2D eigenvalue weighted by molar-refractivity contribution is 7.97. The van der Waals surface area contributed by atoms with Gasteiger partial charge in [0.2, 0.25) is 0 Å². The Morgan fingerprint density at radius 3 is 2.61 bits per heavy atom. The number of anilines is 1. The van der Waals surface area contributed by atoms with Gasteiger partial charge in [0.05, 0.1) is 0 Å². The van der Waals surface area contributed by atoms with Crippen molar-refractivity contribution >= 4 is 23.5 Å². The third-order valence-corrected chi connectivity index (χ3v) is 3.08. The van der Waals surface area contributed by atoms with Crippen LogP contribution in [0, 0.1) is 0 Å². The molecule has 2 amide bonds. The number of rotatable bonds is 6. The predicted molar refractivity (Wildman–Crippen MR) is 77.0 cm³/mol. The molecule has 1 aromatic rings. The van der Waals surface area contributed by atoms with E-state index in [4.69, 9.17) is 5.11 Å². The number of hydrogen-bond donors (Lipinski definition) is 3. The van der Waals surface area contributed by atoms with Gasteiger partial charge in [-0.2, -0.15) is 11.8 Å². The van der Waals surface area contributed by atoms with Gasteiger partial charge in [0.1, 0.15) is 0 Å². The SMILES string of the molecule is CSCc1ccc(NC(=O)N[C@H](C)CCO)cc1. The van der Waals surface area contributed by atoms with Gasteiger partial charge in [0, 0.05) is 24.1 Å². The molecule has 0 saturated heterocycles. The second kappa shape index (κ2) is 8.00. The van der Waals surface area contributed by atoms with E-state index < -0.39 is 0 Å². The fourth-order valence-electron chi connectivity index (χ4n) is 1.51. The Hall–Kier alpha value is -1.20. The number of benzene rings is 1. The standard InChI is InChI=1S/C13H20N2O2S/c1-10(7-8-16)14-13(17)15-12-5-3-11(4-6-12)9-18-2/h3-6,10,16H,7-9H2,1-2H3,(H2,14,15,17)/t10-/m1/s1. The van der Waals surface area contributed by atoms with E-state index in [-0.39, 0.29) is 18.7 Å². The number of aliphatic hydroxyl groups excluding tert-OH is 1. The Kier molecular flexibility index (Phi) is 6.60. The molecule has 0 radical (unpaired) electrons. The van der Waals surface area contributed by atoms with Crippen LogP contribution in [0.5, 0.6) is 0 Å². The normalized spacial score (nSPS) is 11.9. The average molecular weight is 268 g/mol. The van der Waals surface area contributed by atoms with Crippen molar-refractivity contribution in [2.24, 2.45) is 0 Å². The van der Waals surface area contributed by atoms with Crippen LogP contribution >= 0.6 is 11.8 Å². The third kappa shape index (κ3) is 5.42. The minimum atomic E-state index is -0.242. The smallest absolute Gasteiger partial charge is 0.319 e. The summed E-state index contributed by atoms with van der Waals surface area (Å²) in [5.41, 5.74) is 2.01. The molecule has 0 spiro atoms. The Morgan fingerprint density at radius 1 is 1.39 bits per heavy atom. The molecule has 18 heavy (non-hydrogen) atoms. The van der Waals surface area contributed by atoms with Crippen molar-refractivity contribution in [3.8, 4) is 0 Å². The number of carbonyl (C=O) groups excluding carboxylic acids is 1. The number of amides is 2. The summed E-state index contributed by atoms with van der Waals surface area (Å²) < 4.78 is 0. The van der Waals surface area contributed by atoms with Crippen molar-refractivity contribution in [1.29, 1.82) is 0 Å². The van der Waals surface area contributed by atoms with Crippen LogP contribution in [0.4, 0.5) is 10.5 Å². The third-order valence-electron chi connectivity index (χ3n) is 2.46. The summed E-state index contributed by atoms with van der Waals surface area (Å²) in [5.74, 6) is 0.972. The average Bonchev–Trinajstić information content (AvgIpc) is 2.32. The van der Waals surface area contributed by atoms with E-state index in [0.29, 0.717) is 6.42 Å². The van der Waals surface area contributed by atoms with Crippen LogP contribution in [-0.2, 0) is 5.75 Å². The zero-order valence-corrected chi connectivity index (χ0v) is 11.6. The van der Waals surface area contributed by atoms with Crippen molar-refractivity contribution in [1.82, 2.24) is 5.32 Å². The molecule has 5 heteroatoms. The zero-order chi connectivity index (χ0) is 13.4. The maximum Gasteiger partial charge on any atom is 0.319 e. The van der Waals surface area contributed by atoms with Crippen molar-refractivity contribution < 1.29 is 9.90 Å². The van der Waals surface area contributed by atoms with E-state index >= 15 is 0 Å². The minimum absolute atomic E-state index is 0.0363. The molecule has 0 aliphatic heterocycles. The zero-order valence-electron chi connectivity index (χ0n) is 10.8. The quantitative estimate of drug-likeness (QED) is 0.742. The molecule has 0 aliphatic carbocycles. The van der Waals surface area contributed by atoms with Crippen molar-refractivity contribution in [2.75, 3.05) is 18.2 Å². The molecule has 0 unspecified atom stereocenters. The maximum absolute atomic E-state index is 11.6. The highest BCUT2D eigenvalue weighted by Crippen LogP contribution is 2.13. The van der Waals surface area contributed by atoms with Gasteiger partial charge >= 0.3 is 6.03 Å². The molecule has 4 nitrogen and oxygen atoms in total. The molecule has 3 N–H and O–H groups in total. The van der Waals surface area contributed by atoms with Crippen LogP contribution in [-0.4, -0.2) is 30.0 Å². The molecule has 0 aliphatic rings. The molecule has 0 saturated carbocycles. The monoisotopic (exact) mass is 268 g/mol. The fourth-order valence-corrected chi connectivity index (χ4v) is 2.03. The topological polar surface area (TPSA) is 61.4 Å². The molecule has 1 atom stereocenters. The Morgan fingerprint density at radius 2 is 2.06 bits per heavy atom. The Labute approximate surface area is 112 Å². The summed E-state index contributed by atoms with van der Waals surface area (Å²) in [7, 11) is 0. The van der Waals surface area contributed by atoms with E-state index in [9.17, 15) is 4.79 Å². The lowest BCUT2D eigenvalue weighted by atomic mass is 10.2. The number of urea groups is 1. The second-order valence-electron chi connectivity index (χ2n) is 4.14. The van der Waals surface area contributed by atoms with E-state index in [1.165, 1.54) is 5.56 Å². The predicted octanol–water partition coefficient (Wildman–Crippen LogP) is 2.44. The minimum Gasteiger partial charge on any atom is -0.396 e. The first-order valence-electron chi connectivity index (χ1n) is 5.92. The highest BCUT2D eigenvalue weighted by atomic mass is 32.2. The number of thioether (sulfide) groups is 1. The lowest BCUT2D eigenvalue weighted by molar-refractivity contribution is 0.241. The summed E-state index contributed by atoms with van der Waals surface area (Å²) in [6.07, 6.45) is 2.61. The molecule has 0 fully saturated rings. The largest absolute Gasteiger partial charge is 0.396 e. The van der Waals surface area contributed by atoms with Crippen LogP contribution in [0.25, 0.3) is 0 Å². The van der Waals surface area contributed by atoms with Crippen molar-refractivity contribution in [3.63, 3.8) is 0 Å². The second-order valence-corrected chi connectivity index (χ2v) is 5.01. The number of hydrogen-bond acceptors (Lipinski definition) is 3. The Bertz CT molecular complexity index is 368. The summed E-state index contributed by atoms with van der Waals surface area (Å²) in [5, 5.41) is 14.3. The molecule has 1 rings (SSSR count). The van der Waals surface area contributed by atoms with Gasteiger partial charge in [-0.25, -0.2) is 4.79 Å². The van der Waals surface area contributed by atoms with E-state index in [1.807, 2.05) is 31.2 Å². The fraction of sp³-hybridized carbons (Fsp3) is 0.462. The van der Waals surface area contributed by atoms with Crippen LogP contribution in [0.2, 0.25) is 0 Å². The maximum atomic E-state index is 11.6. The lowest BCUT2D eigenvalue weighted by Crippen LogP contribution is -2.36. The van der Waals surface area contributed by atoms with Gasteiger partial charge < -0.3 is 15.7 Å². The Balaban J connectivity index is 2.44. The van der Waals surface area contributed by atoms with Crippen LogP contribution in [0.3, 0.4) is 0 Å².